The summed E-state index contributed by atoms with van der Waals surface area (Å²) < 4.78 is 12.6. The van der Waals surface area contributed by atoms with Crippen LogP contribution in [0.1, 0.15) is 74.7 Å². The molecule has 0 aromatic heterocycles. The third-order valence-corrected chi connectivity index (χ3v) is 9.26. The van der Waals surface area contributed by atoms with Gasteiger partial charge in [-0.05, 0) is 25.2 Å². The molecular weight excluding hydrogens is 428 g/mol. The molecule has 4 aliphatic rings. The number of nitro groups is 1. The van der Waals surface area contributed by atoms with E-state index in [0.717, 1.165) is 12.8 Å². The molecule has 2 saturated carbocycles. The molecule has 6 atom stereocenters. The van der Waals surface area contributed by atoms with Crippen molar-refractivity contribution in [1.82, 2.24) is 5.32 Å². The van der Waals surface area contributed by atoms with E-state index in [2.05, 4.69) is 19.2 Å². The summed E-state index contributed by atoms with van der Waals surface area (Å²) in [4.78, 5) is 37.0. The highest BCUT2D eigenvalue weighted by Gasteiger charge is 2.70. The zero-order valence-electron chi connectivity index (χ0n) is 19.6. The number of hydrogen-bond acceptors (Lipinski definition) is 7. The van der Waals surface area contributed by atoms with E-state index >= 15 is 0 Å². The topological polar surface area (TPSA) is 128 Å². The molecule has 9 nitrogen and oxygen atoms in total. The van der Waals surface area contributed by atoms with Gasteiger partial charge < -0.3 is 19.9 Å². The molecule has 2 N–H and O–H groups in total. The molecule has 2 aliphatic carbocycles. The Hall–Kier alpha value is -2.52. The lowest BCUT2D eigenvalue weighted by atomic mass is 9.43. The van der Waals surface area contributed by atoms with Crippen LogP contribution in [-0.4, -0.2) is 40.5 Å². The Morgan fingerprint density at radius 2 is 1.97 bits per heavy atom. The molecule has 1 aromatic rings. The van der Waals surface area contributed by atoms with Gasteiger partial charge in [-0.1, -0.05) is 27.7 Å². The highest BCUT2D eigenvalue weighted by molar-refractivity contribution is 6.04. The minimum atomic E-state index is -1.39. The first-order valence-electron chi connectivity index (χ1n) is 11.5. The van der Waals surface area contributed by atoms with Crippen LogP contribution in [0.4, 0.5) is 5.69 Å². The van der Waals surface area contributed by atoms with Crippen LogP contribution >= 0.6 is 0 Å². The van der Waals surface area contributed by atoms with Crippen molar-refractivity contribution in [1.29, 1.82) is 0 Å². The number of ether oxygens (including phenoxy) is 2. The molecule has 2 fully saturated rings. The summed E-state index contributed by atoms with van der Waals surface area (Å²) in [6.07, 6.45) is 0.522. The fourth-order valence-electron chi connectivity index (χ4n) is 7.27. The number of carbonyl (C=O) groups is 2. The number of nitro benzene ring substituents is 1. The maximum absolute atomic E-state index is 13.3. The van der Waals surface area contributed by atoms with E-state index in [4.69, 9.17) is 9.47 Å². The lowest BCUT2D eigenvalue weighted by Gasteiger charge is -2.66. The van der Waals surface area contributed by atoms with Crippen molar-refractivity contribution in [3.63, 3.8) is 0 Å². The second kappa shape index (κ2) is 6.76. The first-order valence-corrected chi connectivity index (χ1v) is 11.5. The zero-order valence-corrected chi connectivity index (χ0v) is 19.6. The number of aliphatic hydroxyl groups is 1. The van der Waals surface area contributed by atoms with Gasteiger partial charge in [-0.25, -0.2) is 0 Å². The molecule has 0 unspecified atom stereocenters. The van der Waals surface area contributed by atoms with Gasteiger partial charge in [-0.15, -0.1) is 0 Å². The molecule has 1 amide bonds. The number of rotatable bonds is 2. The predicted octanol–water partition coefficient (Wildman–Crippen LogP) is 3.07. The third-order valence-electron chi connectivity index (χ3n) is 9.26. The third kappa shape index (κ3) is 2.60. The monoisotopic (exact) mass is 458 g/mol. The fourth-order valence-corrected chi connectivity index (χ4v) is 7.27. The molecule has 178 valence electrons. The predicted molar refractivity (Wildman–Crippen MR) is 117 cm³/mol. The largest absolute Gasteiger partial charge is 0.485 e. The number of benzene rings is 1. The fraction of sp³-hybridized carbons (Fsp3) is 0.667. The number of carbonyl (C=O) groups excluding carboxylic acids is 2. The Labute approximate surface area is 192 Å². The van der Waals surface area contributed by atoms with Crippen molar-refractivity contribution in [2.24, 2.45) is 22.7 Å². The zero-order chi connectivity index (χ0) is 24.1. The van der Waals surface area contributed by atoms with Crippen LogP contribution < -0.4 is 10.1 Å². The van der Waals surface area contributed by atoms with E-state index in [1.165, 1.54) is 13.2 Å². The Morgan fingerprint density at radius 3 is 2.61 bits per heavy atom. The normalized spacial score (nSPS) is 38.4. The van der Waals surface area contributed by atoms with Crippen molar-refractivity contribution < 1.29 is 29.1 Å². The summed E-state index contributed by atoms with van der Waals surface area (Å²) in [5.41, 5.74) is -1.65. The quantitative estimate of drug-likeness (QED) is 0.515. The van der Waals surface area contributed by atoms with Gasteiger partial charge >= 0.3 is 0 Å². The van der Waals surface area contributed by atoms with Crippen molar-refractivity contribution in [2.45, 2.75) is 71.3 Å². The first kappa shape index (κ1) is 22.3. The molecular formula is C24H30N2O7. The second-order valence-corrected chi connectivity index (χ2v) is 10.9. The Balaban J connectivity index is 1.78. The maximum Gasteiger partial charge on any atom is 0.283 e. The van der Waals surface area contributed by atoms with Crippen LogP contribution in [0.2, 0.25) is 0 Å². The van der Waals surface area contributed by atoms with E-state index in [9.17, 15) is 24.8 Å². The van der Waals surface area contributed by atoms with Crippen LogP contribution in [0.5, 0.6) is 5.75 Å². The van der Waals surface area contributed by atoms with E-state index in [-0.39, 0.29) is 34.4 Å². The molecule has 1 spiro atoms. The van der Waals surface area contributed by atoms with Gasteiger partial charge in [0.1, 0.15) is 23.0 Å². The highest BCUT2D eigenvalue weighted by atomic mass is 16.6. The molecule has 33 heavy (non-hydrogen) atoms. The first-order chi connectivity index (χ1) is 15.4. The van der Waals surface area contributed by atoms with Crippen LogP contribution in [0.15, 0.2) is 6.07 Å². The summed E-state index contributed by atoms with van der Waals surface area (Å²) in [6.45, 7) is 8.20. The molecule has 0 bridgehead atoms. The summed E-state index contributed by atoms with van der Waals surface area (Å²) in [6, 6.07) is 1.42. The van der Waals surface area contributed by atoms with E-state index in [1.54, 1.807) is 0 Å². The Bertz CT molecular complexity index is 1100. The molecule has 5 rings (SSSR count). The molecule has 2 heterocycles. The van der Waals surface area contributed by atoms with Crippen molar-refractivity contribution in [3.05, 3.63) is 32.9 Å². The lowest BCUT2D eigenvalue weighted by Crippen LogP contribution is -2.72. The number of methoxy groups -OCH3 is 1. The summed E-state index contributed by atoms with van der Waals surface area (Å²) >= 11 is 0. The van der Waals surface area contributed by atoms with Crippen LogP contribution in [-0.2, 0) is 16.0 Å². The summed E-state index contributed by atoms with van der Waals surface area (Å²) in [7, 11) is 1.53. The van der Waals surface area contributed by atoms with Crippen molar-refractivity contribution in [3.8, 4) is 5.75 Å². The van der Waals surface area contributed by atoms with Gasteiger partial charge in [0.15, 0.2) is 12.0 Å². The number of fused-ring (bicyclic) bond motifs is 3. The van der Waals surface area contributed by atoms with E-state index < -0.39 is 39.6 Å². The average Bonchev–Trinajstić information content (AvgIpc) is 3.04. The molecule has 0 radical (unpaired) electrons. The van der Waals surface area contributed by atoms with Crippen molar-refractivity contribution >= 4 is 17.4 Å². The SMILES string of the molecule is CO[C@@H]1C[C@@]23Oc4c(cc([N+](=O)[O-])c5c4[C@@H](O)NC5=O)C[C@]2(C)[C@@H](C)CC[C@H]3C(C)(C)C1=O. The minimum Gasteiger partial charge on any atom is -0.485 e. The lowest BCUT2D eigenvalue weighted by molar-refractivity contribution is -0.385. The number of hydrogen-bond donors (Lipinski definition) is 2. The van der Waals surface area contributed by atoms with Crippen LogP contribution in [0.25, 0.3) is 0 Å². The van der Waals surface area contributed by atoms with Gasteiger partial charge in [0.2, 0.25) is 0 Å². The van der Waals surface area contributed by atoms with Crippen LogP contribution in [0.3, 0.4) is 0 Å². The number of nitrogens with zero attached hydrogens (tertiary/aromatic N) is 1. The molecule has 2 aliphatic heterocycles. The highest BCUT2D eigenvalue weighted by Crippen LogP contribution is 2.66. The van der Waals surface area contributed by atoms with Gasteiger partial charge in [-0.3, -0.25) is 19.7 Å². The standard InChI is InChI=1S/C24H30N2O7/c1-11-6-7-15-22(2,3)19(27)14(32-5)10-24(15)23(11,4)9-12-8-13(26(30)31)16-17(18(12)33-24)21(29)25-20(16)28/h8,11,14-15,21,29H,6-7,9-10H2,1-5H3,(H,25,28)/t11-,14+,15-,21+,23+,24-/m0/s1. The van der Waals surface area contributed by atoms with E-state index in [1.807, 2.05) is 13.8 Å². The summed E-state index contributed by atoms with van der Waals surface area (Å²) in [5.74, 6) is -0.189. The smallest absolute Gasteiger partial charge is 0.283 e. The molecule has 1 aromatic carbocycles. The number of amides is 1. The number of Topliss-reactive ketones (excluding diaryl/α,β-unsaturated/α-hetero) is 1. The second-order valence-electron chi connectivity index (χ2n) is 10.9. The van der Waals surface area contributed by atoms with E-state index in [0.29, 0.717) is 24.2 Å². The molecule has 0 saturated heterocycles. The van der Waals surface area contributed by atoms with Crippen molar-refractivity contribution in [2.75, 3.05) is 7.11 Å². The Morgan fingerprint density at radius 1 is 1.27 bits per heavy atom. The van der Waals surface area contributed by atoms with Gasteiger partial charge in [0.05, 0.1) is 10.5 Å². The summed E-state index contributed by atoms with van der Waals surface area (Å²) in [5, 5.41) is 24.8. The van der Waals surface area contributed by atoms with Crippen LogP contribution in [0, 0.1) is 32.8 Å². The Kier molecular flexibility index (Phi) is 4.56. The van der Waals surface area contributed by atoms with Gasteiger partial charge in [-0.2, -0.15) is 0 Å². The minimum absolute atomic E-state index is 0.0535. The number of nitrogens with one attached hydrogen (secondary N) is 1. The number of ketones is 1. The maximum atomic E-state index is 13.3. The van der Waals surface area contributed by atoms with Gasteiger partial charge in [0.25, 0.3) is 11.6 Å². The average molecular weight is 459 g/mol. The number of aliphatic hydroxyl groups excluding tert-OH is 1. The van der Waals surface area contributed by atoms with Gasteiger partial charge in [0, 0.05) is 41.9 Å². The molecule has 9 heteroatoms.